The first kappa shape index (κ1) is 12.5. The molecule has 0 saturated heterocycles. The van der Waals surface area contributed by atoms with Gasteiger partial charge in [-0.1, -0.05) is 17.7 Å². The maximum atomic E-state index is 5.97. The number of aromatic amines is 1. The first-order valence-corrected chi connectivity index (χ1v) is 6.42. The molecule has 2 aromatic heterocycles. The zero-order valence-corrected chi connectivity index (χ0v) is 11.2. The standard InChI is InChI=1S/C14H12ClN5/c15-10-2-1-3-12(8-10)18-13-9-17-20-14(13)19-11-4-6-16-7-5-11/h1-9,18H,(H2,16,17,19,20). The normalized spacial score (nSPS) is 10.2. The van der Waals surface area contributed by atoms with Crippen LogP contribution in [0.15, 0.2) is 55.0 Å². The molecule has 0 unspecified atom stereocenters. The van der Waals surface area contributed by atoms with Gasteiger partial charge in [0.2, 0.25) is 0 Å². The fraction of sp³-hybridized carbons (Fsp3) is 0. The number of aromatic nitrogens is 3. The topological polar surface area (TPSA) is 65.6 Å². The van der Waals surface area contributed by atoms with Crippen LogP contribution in [0.2, 0.25) is 5.02 Å². The van der Waals surface area contributed by atoms with E-state index in [0.29, 0.717) is 5.02 Å². The second kappa shape index (κ2) is 5.63. The molecule has 0 amide bonds. The van der Waals surface area contributed by atoms with Crippen LogP contribution in [0, 0.1) is 0 Å². The first-order chi connectivity index (χ1) is 9.81. The molecule has 0 aliphatic rings. The molecule has 0 bridgehead atoms. The predicted octanol–water partition coefficient (Wildman–Crippen LogP) is 3.95. The Morgan fingerprint density at radius 2 is 1.85 bits per heavy atom. The van der Waals surface area contributed by atoms with Crippen molar-refractivity contribution < 1.29 is 0 Å². The van der Waals surface area contributed by atoms with Gasteiger partial charge in [-0.15, -0.1) is 0 Å². The van der Waals surface area contributed by atoms with Crippen LogP contribution in [0.25, 0.3) is 0 Å². The van der Waals surface area contributed by atoms with Gasteiger partial charge in [-0.05, 0) is 30.3 Å². The van der Waals surface area contributed by atoms with Crippen LogP contribution in [-0.4, -0.2) is 15.2 Å². The molecule has 0 spiro atoms. The molecule has 5 nitrogen and oxygen atoms in total. The van der Waals surface area contributed by atoms with Gasteiger partial charge in [-0.2, -0.15) is 5.10 Å². The number of pyridine rings is 1. The minimum Gasteiger partial charge on any atom is -0.351 e. The van der Waals surface area contributed by atoms with Gasteiger partial charge in [0.1, 0.15) is 11.5 Å². The highest BCUT2D eigenvalue weighted by Gasteiger charge is 2.05. The summed E-state index contributed by atoms with van der Waals surface area (Å²) in [5.41, 5.74) is 2.67. The molecule has 0 atom stereocenters. The van der Waals surface area contributed by atoms with E-state index < -0.39 is 0 Å². The van der Waals surface area contributed by atoms with Crippen LogP contribution in [0.3, 0.4) is 0 Å². The lowest BCUT2D eigenvalue weighted by molar-refractivity contribution is 1.09. The Balaban J connectivity index is 1.80. The minimum atomic E-state index is 0.683. The molecule has 0 saturated carbocycles. The molecule has 0 aliphatic carbocycles. The van der Waals surface area contributed by atoms with Crippen LogP contribution in [-0.2, 0) is 0 Å². The molecule has 3 aromatic rings. The molecule has 3 rings (SSSR count). The van der Waals surface area contributed by atoms with Gasteiger partial charge in [0.05, 0.1) is 6.20 Å². The highest BCUT2D eigenvalue weighted by molar-refractivity contribution is 6.30. The van der Waals surface area contributed by atoms with Crippen LogP contribution in [0.4, 0.5) is 22.9 Å². The SMILES string of the molecule is Clc1cccc(Nc2cn[nH]c2Nc2ccncc2)c1. The zero-order valence-electron chi connectivity index (χ0n) is 10.5. The van der Waals surface area contributed by atoms with Crippen LogP contribution < -0.4 is 10.6 Å². The summed E-state index contributed by atoms with van der Waals surface area (Å²) in [7, 11) is 0. The monoisotopic (exact) mass is 285 g/mol. The summed E-state index contributed by atoms with van der Waals surface area (Å²) in [4.78, 5) is 3.98. The van der Waals surface area contributed by atoms with Crippen molar-refractivity contribution in [3.8, 4) is 0 Å². The number of anilines is 4. The highest BCUT2D eigenvalue weighted by atomic mass is 35.5. The molecular formula is C14H12ClN5. The number of rotatable bonds is 4. The summed E-state index contributed by atoms with van der Waals surface area (Å²) in [6.45, 7) is 0. The van der Waals surface area contributed by atoms with Crippen LogP contribution >= 0.6 is 11.6 Å². The lowest BCUT2D eigenvalue weighted by Gasteiger charge is -2.09. The van der Waals surface area contributed by atoms with Crippen molar-refractivity contribution in [2.75, 3.05) is 10.6 Å². The van der Waals surface area contributed by atoms with Gasteiger partial charge in [-0.25, -0.2) is 0 Å². The Hall–Kier alpha value is -2.53. The van der Waals surface area contributed by atoms with Gasteiger partial charge in [0.25, 0.3) is 0 Å². The molecule has 3 N–H and O–H groups in total. The fourth-order valence-corrected chi connectivity index (χ4v) is 1.97. The number of hydrogen-bond donors (Lipinski definition) is 3. The molecule has 0 aliphatic heterocycles. The van der Waals surface area contributed by atoms with Crippen molar-refractivity contribution in [1.82, 2.24) is 15.2 Å². The van der Waals surface area contributed by atoms with Gasteiger partial charge in [-0.3, -0.25) is 10.1 Å². The fourth-order valence-electron chi connectivity index (χ4n) is 1.78. The van der Waals surface area contributed by atoms with E-state index in [1.54, 1.807) is 18.6 Å². The number of hydrogen-bond acceptors (Lipinski definition) is 4. The van der Waals surface area contributed by atoms with Crippen molar-refractivity contribution in [3.05, 3.63) is 60.0 Å². The number of nitrogens with zero attached hydrogens (tertiary/aromatic N) is 2. The molecule has 1 aromatic carbocycles. The molecule has 0 radical (unpaired) electrons. The van der Waals surface area contributed by atoms with Crippen molar-refractivity contribution in [2.45, 2.75) is 0 Å². The van der Waals surface area contributed by atoms with E-state index >= 15 is 0 Å². The number of H-pyrrole nitrogens is 1. The quantitative estimate of drug-likeness (QED) is 0.679. The summed E-state index contributed by atoms with van der Waals surface area (Å²) in [5.74, 6) is 0.774. The lowest BCUT2D eigenvalue weighted by Crippen LogP contribution is -1.96. The summed E-state index contributed by atoms with van der Waals surface area (Å²) in [6, 6.07) is 11.3. The molecular weight excluding hydrogens is 274 g/mol. The van der Waals surface area contributed by atoms with E-state index in [-0.39, 0.29) is 0 Å². The summed E-state index contributed by atoms with van der Waals surface area (Å²) in [5, 5.41) is 14.1. The van der Waals surface area contributed by atoms with Crippen molar-refractivity contribution >= 4 is 34.5 Å². The number of halogens is 1. The average molecular weight is 286 g/mol. The van der Waals surface area contributed by atoms with E-state index in [1.807, 2.05) is 36.4 Å². The maximum Gasteiger partial charge on any atom is 0.150 e. The van der Waals surface area contributed by atoms with E-state index in [9.17, 15) is 0 Å². The van der Waals surface area contributed by atoms with E-state index in [4.69, 9.17) is 11.6 Å². The number of benzene rings is 1. The van der Waals surface area contributed by atoms with Crippen molar-refractivity contribution in [2.24, 2.45) is 0 Å². The lowest BCUT2D eigenvalue weighted by atomic mass is 10.3. The Labute approximate surface area is 121 Å². The van der Waals surface area contributed by atoms with E-state index in [2.05, 4.69) is 25.8 Å². The molecule has 20 heavy (non-hydrogen) atoms. The average Bonchev–Trinajstić information content (AvgIpc) is 2.87. The third kappa shape index (κ3) is 2.89. The summed E-state index contributed by atoms with van der Waals surface area (Å²) in [6.07, 6.45) is 5.16. The molecule has 6 heteroatoms. The molecule has 0 fully saturated rings. The summed E-state index contributed by atoms with van der Waals surface area (Å²) >= 11 is 5.97. The van der Waals surface area contributed by atoms with E-state index in [1.165, 1.54) is 0 Å². The highest BCUT2D eigenvalue weighted by Crippen LogP contribution is 2.26. The van der Waals surface area contributed by atoms with Crippen molar-refractivity contribution in [3.63, 3.8) is 0 Å². The predicted molar refractivity (Wildman–Crippen MR) is 80.8 cm³/mol. The smallest absolute Gasteiger partial charge is 0.150 e. The van der Waals surface area contributed by atoms with Gasteiger partial charge < -0.3 is 10.6 Å². The number of nitrogens with one attached hydrogen (secondary N) is 3. The third-order valence-corrected chi connectivity index (χ3v) is 2.93. The zero-order chi connectivity index (χ0) is 13.8. The Morgan fingerprint density at radius 3 is 2.65 bits per heavy atom. The first-order valence-electron chi connectivity index (χ1n) is 6.04. The largest absolute Gasteiger partial charge is 0.351 e. The van der Waals surface area contributed by atoms with Crippen LogP contribution in [0.5, 0.6) is 0 Å². The van der Waals surface area contributed by atoms with Crippen LogP contribution in [0.1, 0.15) is 0 Å². The second-order valence-corrected chi connectivity index (χ2v) is 4.59. The van der Waals surface area contributed by atoms with E-state index in [0.717, 1.165) is 22.9 Å². The van der Waals surface area contributed by atoms with Crippen molar-refractivity contribution in [1.29, 1.82) is 0 Å². The van der Waals surface area contributed by atoms with Gasteiger partial charge in [0, 0.05) is 28.8 Å². The second-order valence-electron chi connectivity index (χ2n) is 4.15. The Bertz CT molecular complexity index is 696. The maximum absolute atomic E-state index is 5.97. The Kier molecular flexibility index (Phi) is 3.52. The Morgan fingerprint density at radius 1 is 1.00 bits per heavy atom. The van der Waals surface area contributed by atoms with Gasteiger partial charge >= 0.3 is 0 Å². The third-order valence-electron chi connectivity index (χ3n) is 2.69. The molecule has 2 heterocycles. The summed E-state index contributed by atoms with van der Waals surface area (Å²) < 4.78 is 0. The molecule has 100 valence electrons. The van der Waals surface area contributed by atoms with Gasteiger partial charge in [0.15, 0.2) is 0 Å². The minimum absolute atomic E-state index is 0.683.